The van der Waals surface area contributed by atoms with Gasteiger partial charge in [-0.3, -0.25) is 10.1 Å². The largest absolute Gasteiger partial charge is 0.486 e. The van der Waals surface area contributed by atoms with Crippen LogP contribution in [-0.2, 0) is 13.2 Å². The molecule has 0 unspecified atom stereocenters. The van der Waals surface area contributed by atoms with Crippen molar-refractivity contribution in [3.63, 3.8) is 0 Å². The van der Waals surface area contributed by atoms with Gasteiger partial charge in [0.1, 0.15) is 6.61 Å². The summed E-state index contributed by atoms with van der Waals surface area (Å²) in [6, 6.07) is 24.0. The van der Waals surface area contributed by atoms with Gasteiger partial charge < -0.3 is 10.1 Å². The molecule has 0 bridgehead atoms. The predicted octanol–water partition coefficient (Wildman–Crippen LogP) is 7.25. The van der Waals surface area contributed by atoms with Crippen LogP contribution in [0.4, 0.5) is 11.4 Å². The van der Waals surface area contributed by atoms with Gasteiger partial charge in [-0.05, 0) is 40.1 Å². The number of nitro groups is 1. The molecule has 0 heterocycles. The van der Waals surface area contributed by atoms with Crippen LogP contribution in [0.15, 0.2) is 78.9 Å². The first-order valence-corrected chi connectivity index (χ1v) is 10.3. The first kappa shape index (κ1) is 21.0. The molecule has 0 saturated carbocycles. The van der Waals surface area contributed by atoms with Crippen molar-refractivity contribution in [1.82, 2.24) is 0 Å². The summed E-state index contributed by atoms with van der Waals surface area (Å²) in [4.78, 5) is 10.5. The van der Waals surface area contributed by atoms with E-state index in [4.69, 9.17) is 27.9 Å². The molecule has 0 fully saturated rings. The Morgan fingerprint density at radius 3 is 2.39 bits per heavy atom. The SMILES string of the molecule is O=[N+]([O-])c1cccc(NCc2cc(Cl)c(OCc3cccc4ccccc34)c(Cl)c2)c1. The second kappa shape index (κ2) is 9.25. The fourth-order valence-corrected chi connectivity index (χ4v) is 4.00. The van der Waals surface area contributed by atoms with E-state index in [0.29, 0.717) is 34.6 Å². The van der Waals surface area contributed by atoms with Gasteiger partial charge in [-0.2, -0.15) is 0 Å². The van der Waals surface area contributed by atoms with Crippen molar-refractivity contribution in [3.05, 3.63) is 110 Å². The van der Waals surface area contributed by atoms with Crippen molar-refractivity contribution in [1.29, 1.82) is 0 Å². The Kier molecular flexibility index (Phi) is 6.26. The van der Waals surface area contributed by atoms with Gasteiger partial charge in [0.05, 0.1) is 15.0 Å². The van der Waals surface area contributed by atoms with Crippen LogP contribution in [0, 0.1) is 10.1 Å². The molecule has 5 nitrogen and oxygen atoms in total. The molecule has 0 aliphatic heterocycles. The summed E-state index contributed by atoms with van der Waals surface area (Å²) in [5.74, 6) is 0.426. The van der Waals surface area contributed by atoms with E-state index in [1.807, 2.05) is 24.3 Å². The van der Waals surface area contributed by atoms with Crippen LogP contribution in [-0.4, -0.2) is 4.92 Å². The number of nitrogens with one attached hydrogen (secondary N) is 1. The average molecular weight is 453 g/mol. The summed E-state index contributed by atoms with van der Waals surface area (Å²) in [7, 11) is 0. The Morgan fingerprint density at radius 1 is 0.903 bits per heavy atom. The molecule has 4 aromatic rings. The molecule has 4 rings (SSSR count). The standard InChI is InChI=1S/C24H18Cl2N2O3/c25-22-11-16(14-27-19-8-4-9-20(13-19)28(29)30)12-23(26)24(22)31-15-18-7-3-6-17-5-1-2-10-21(17)18/h1-13,27H,14-15H2. The zero-order valence-electron chi connectivity index (χ0n) is 16.3. The summed E-state index contributed by atoms with van der Waals surface area (Å²) in [5.41, 5.74) is 2.54. The van der Waals surface area contributed by atoms with Crippen LogP contribution in [0.1, 0.15) is 11.1 Å². The zero-order chi connectivity index (χ0) is 21.8. The summed E-state index contributed by atoms with van der Waals surface area (Å²) in [6.45, 7) is 0.746. The summed E-state index contributed by atoms with van der Waals surface area (Å²) < 4.78 is 5.96. The molecule has 7 heteroatoms. The number of halogens is 2. The second-order valence-corrected chi connectivity index (χ2v) is 7.79. The number of benzene rings is 4. The molecular weight excluding hydrogens is 435 g/mol. The number of non-ortho nitro benzene ring substituents is 1. The van der Waals surface area contributed by atoms with Gasteiger partial charge in [0.15, 0.2) is 5.75 Å². The lowest BCUT2D eigenvalue weighted by molar-refractivity contribution is -0.384. The number of fused-ring (bicyclic) bond motifs is 1. The molecular formula is C24H18Cl2N2O3. The van der Waals surface area contributed by atoms with Crippen LogP contribution in [0.3, 0.4) is 0 Å². The highest BCUT2D eigenvalue weighted by atomic mass is 35.5. The number of ether oxygens (including phenoxy) is 1. The highest BCUT2D eigenvalue weighted by Gasteiger charge is 2.12. The number of hydrogen-bond acceptors (Lipinski definition) is 4. The monoisotopic (exact) mass is 452 g/mol. The van der Waals surface area contributed by atoms with Crippen LogP contribution in [0.2, 0.25) is 10.0 Å². The van der Waals surface area contributed by atoms with E-state index in [0.717, 1.165) is 21.9 Å². The topological polar surface area (TPSA) is 64.4 Å². The highest BCUT2D eigenvalue weighted by molar-refractivity contribution is 6.37. The van der Waals surface area contributed by atoms with Crippen LogP contribution >= 0.6 is 23.2 Å². The maximum Gasteiger partial charge on any atom is 0.271 e. The van der Waals surface area contributed by atoms with E-state index in [1.54, 1.807) is 24.3 Å². The van der Waals surface area contributed by atoms with Gasteiger partial charge in [-0.25, -0.2) is 0 Å². The molecule has 0 aliphatic rings. The highest BCUT2D eigenvalue weighted by Crippen LogP contribution is 2.35. The van der Waals surface area contributed by atoms with Gasteiger partial charge in [0.2, 0.25) is 0 Å². The number of anilines is 1. The lowest BCUT2D eigenvalue weighted by Gasteiger charge is -2.14. The normalized spacial score (nSPS) is 10.8. The molecule has 156 valence electrons. The lowest BCUT2D eigenvalue weighted by Crippen LogP contribution is -2.02. The van der Waals surface area contributed by atoms with Crippen molar-refractivity contribution < 1.29 is 9.66 Å². The van der Waals surface area contributed by atoms with Crippen molar-refractivity contribution in [2.45, 2.75) is 13.2 Å². The maximum absolute atomic E-state index is 10.9. The fraction of sp³-hybridized carbons (Fsp3) is 0.0833. The molecule has 0 aliphatic carbocycles. The first-order valence-electron chi connectivity index (χ1n) is 9.57. The Bertz CT molecular complexity index is 1230. The minimum Gasteiger partial charge on any atom is -0.486 e. The number of hydrogen-bond donors (Lipinski definition) is 1. The second-order valence-electron chi connectivity index (χ2n) is 6.98. The minimum absolute atomic E-state index is 0.0262. The third-order valence-corrected chi connectivity index (χ3v) is 5.43. The first-order chi connectivity index (χ1) is 15.0. The average Bonchev–Trinajstić information content (AvgIpc) is 2.77. The Morgan fingerprint density at radius 2 is 1.61 bits per heavy atom. The van der Waals surface area contributed by atoms with E-state index in [2.05, 4.69) is 23.5 Å². The van der Waals surface area contributed by atoms with Crippen LogP contribution in [0.25, 0.3) is 10.8 Å². The molecule has 0 amide bonds. The predicted molar refractivity (Wildman–Crippen MR) is 125 cm³/mol. The molecule has 4 aromatic carbocycles. The van der Waals surface area contributed by atoms with Crippen molar-refractivity contribution in [3.8, 4) is 5.75 Å². The molecule has 0 atom stereocenters. The smallest absolute Gasteiger partial charge is 0.271 e. The van der Waals surface area contributed by atoms with Gasteiger partial charge in [0, 0.05) is 24.4 Å². The molecule has 0 radical (unpaired) electrons. The van der Waals surface area contributed by atoms with Crippen LogP contribution < -0.4 is 10.1 Å². The number of nitrogens with zero attached hydrogens (tertiary/aromatic N) is 1. The van der Waals surface area contributed by atoms with E-state index in [1.165, 1.54) is 12.1 Å². The molecule has 1 N–H and O–H groups in total. The number of nitro benzene ring substituents is 1. The molecule has 0 saturated heterocycles. The van der Waals surface area contributed by atoms with Gasteiger partial charge in [-0.15, -0.1) is 0 Å². The third kappa shape index (κ3) is 4.90. The van der Waals surface area contributed by atoms with E-state index < -0.39 is 4.92 Å². The summed E-state index contributed by atoms with van der Waals surface area (Å²) in [6.07, 6.45) is 0. The quantitative estimate of drug-likeness (QED) is 0.237. The Labute approximate surface area is 189 Å². The van der Waals surface area contributed by atoms with Crippen molar-refractivity contribution in [2.24, 2.45) is 0 Å². The van der Waals surface area contributed by atoms with Gasteiger partial charge >= 0.3 is 0 Å². The summed E-state index contributed by atoms with van der Waals surface area (Å²) in [5, 5.41) is 17.1. The zero-order valence-corrected chi connectivity index (χ0v) is 17.9. The van der Waals surface area contributed by atoms with E-state index in [-0.39, 0.29) is 5.69 Å². The Hall–Kier alpha value is -3.28. The lowest BCUT2D eigenvalue weighted by atomic mass is 10.1. The van der Waals surface area contributed by atoms with Crippen molar-refractivity contribution in [2.75, 3.05) is 5.32 Å². The van der Waals surface area contributed by atoms with E-state index >= 15 is 0 Å². The third-order valence-electron chi connectivity index (χ3n) is 4.86. The van der Waals surface area contributed by atoms with E-state index in [9.17, 15) is 10.1 Å². The molecule has 31 heavy (non-hydrogen) atoms. The molecule has 0 aromatic heterocycles. The summed E-state index contributed by atoms with van der Waals surface area (Å²) >= 11 is 12.9. The maximum atomic E-state index is 10.9. The van der Waals surface area contributed by atoms with Gasteiger partial charge in [0.25, 0.3) is 5.69 Å². The Balaban J connectivity index is 1.47. The fourth-order valence-electron chi connectivity index (χ4n) is 3.35. The van der Waals surface area contributed by atoms with Gasteiger partial charge in [-0.1, -0.05) is 71.7 Å². The van der Waals surface area contributed by atoms with Crippen LogP contribution in [0.5, 0.6) is 5.75 Å². The van der Waals surface area contributed by atoms with Crippen molar-refractivity contribution >= 4 is 45.3 Å². The number of rotatable bonds is 7. The molecule has 0 spiro atoms. The minimum atomic E-state index is -0.430.